The molecule has 0 aromatic heterocycles. The highest BCUT2D eigenvalue weighted by molar-refractivity contribution is 7.45. The molecule has 0 aliphatic carbocycles. The zero-order valence-corrected chi connectivity index (χ0v) is 64.8. The molecule has 2 unspecified atom stereocenters. The van der Waals surface area contributed by atoms with Crippen molar-refractivity contribution in [3.63, 3.8) is 0 Å². The molecule has 0 aromatic rings. The molecule has 0 amide bonds. The van der Waals surface area contributed by atoms with E-state index in [1.807, 2.05) is 21.1 Å². The third-order valence-corrected chi connectivity index (χ3v) is 18.0. The lowest BCUT2D eigenvalue weighted by Gasteiger charge is -2.28. The zero-order valence-electron chi connectivity index (χ0n) is 63.9. The lowest BCUT2D eigenvalue weighted by molar-refractivity contribution is -0.870. The summed E-state index contributed by atoms with van der Waals surface area (Å²) in [6.07, 6.45) is 115. The lowest BCUT2D eigenvalue weighted by Crippen LogP contribution is -2.37. The first-order valence-corrected chi connectivity index (χ1v) is 41.7. The van der Waals surface area contributed by atoms with Gasteiger partial charge in [-0.1, -0.05) is 358 Å². The molecule has 0 radical (unpaired) electrons. The Bertz CT molecular complexity index is 2220. The number of likely N-dealkylation sites (N-methyl/N-ethyl adjacent to an activating group) is 1. The van der Waals surface area contributed by atoms with Gasteiger partial charge in [-0.25, -0.2) is 0 Å². The summed E-state index contributed by atoms with van der Waals surface area (Å²) >= 11 is 0. The predicted molar refractivity (Wildman–Crippen MR) is 424 cm³/mol. The van der Waals surface area contributed by atoms with E-state index in [4.69, 9.17) is 18.5 Å². The number of hydrogen-bond acceptors (Lipinski definition) is 8. The molecule has 560 valence electrons. The number of quaternary nitrogens is 1. The summed E-state index contributed by atoms with van der Waals surface area (Å²) in [5.74, 6) is -0.842. The molecule has 0 saturated heterocycles. The largest absolute Gasteiger partial charge is 0.756 e. The predicted octanol–water partition coefficient (Wildman–Crippen LogP) is 26.4. The van der Waals surface area contributed by atoms with Crippen molar-refractivity contribution in [1.82, 2.24) is 0 Å². The van der Waals surface area contributed by atoms with Crippen LogP contribution in [0, 0.1) is 0 Å². The van der Waals surface area contributed by atoms with Gasteiger partial charge in [-0.2, -0.15) is 0 Å². The number of esters is 2. The van der Waals surface area contributed by atoms with Gasteiger partial charge in [0.25, 0.3) is 7.82 Å². The van der Waals surface area contributed by atoms with E-state index in [0.29, 0.717) is 17.4 Å². The van der Waals surface area contributed by atoms with Crippen LogP contribution in [0.4, 0.5) is 0 Å². The quantitative estimate of drug-likeness (QED) is 0.0195. The first-order valence-electron chi connectivity index (χ1n) is 40.2. The van der Waals surface area contributed by atoms with Crippen molar-refractivity contribution in [3.05, 3.63) is 158 Å². The first kappa shape index (κ1) is 93.6. The van der Waals surface area contributed by atoms with E-state index in [9.17, 15) is 19.0 Å². The number of ether oxygens (including phenoxy) is 2. The lowest BCUT2D eigenvalue weighted by atomic mass is 10.0. The minimum atomic E-state index is -4.66. The summed E-state index contributed by atoms with van der Waals surface area (Å²) in [5, 5.41) is 0. The van der Waals surface area contributed by atoms with Gasteiger partial charge in [0.1, 0.15) is 19.8 Å². The fraction of sp³-hybridized carbons (Fsp3) is 0.682. The van der Waals surface area contributed by atoms with Crippen molar-refractivity contribution in [2.75, 3.05) is 47.5 Å². The van der Waals surface area contributed by atoms with Crippen LogP contribution >= 0.6 is 7.82 Å². The van der Waals surface area contributed by atoms with Crippen LogP contribution in [-0.4, -0.2) is 70.0 Å². The zero-order chi connectivity index (χ0) is 71.1. The number of phosphoric ester groups is 1. The molecule has 0 aliphatic heterocycles. The van der Waals surface area contributed by atoms with E-state index in [0.717, 1.165) is 135 Å². The van der Waals surface area contributed by atoms with Crippen molar-refractivity contribution in [2.24, 2.45) is 0 Å². The van der Waals surface area contributed by atoms with Gasteiger partial charge in [-0.05, 0) is 122 Å². The second-order valence-electron chi connectivity index (χ2n) is 27.7. The molecule has 9 nitrogen and oxygen atoms in total. The average Bonchev–Trinajstić information content (AvgIpc) is 1.08. The molecule has 98 heavy (non-hydrogen) atoms. The van der Waals surface area contributed by atoms with Crippen molar-refractivity contribution in [3.8, 4) is 0 Å². The van der Waals surface area contributed by atoms with E-state index in [1.54, 1.807) is 0 Å². The molecule has 0 saturated carbocycles. The normalized spacial score (nSPS) is 13.9. The van der Waals surface area contributed by atoms with Crippen LogP contribution < -0.4 is 4.89 Å². The fourth-order valence-corrected chi connectivity index (χ4v) is 11.7. The van der Waals surface area contributed by atoms with E-state index >= 15 is 0 Å². The number of hydrogen-bond donors (Lipinski definition) is 0. The molecule has 0 heterocycles. The maximum absolute atomic E-state index is 12.9. The molecule has 0 aliphatic rings. The maximum atomic E-state index is 12.9. The number of carbonyl (C=O) groups is 2. The number of allylic oxidation sites excluding steroid dienone is 26. The first-order chi connectivity index (χ1) is 48.0. The Morgan fingerprint density at radius 1 is 0.316 bits per heavy atom. The molecule has 2 atom stereocenters. The van der Waals surface area contributed by atoms with Gasteiger partial charge in [0.15, 0.2) is 6.10 Å². The maximum Gasteiger partial charge on any atom is 0.306 e. The van der Waals surface area contributed by atoms with Crippen molar-refractivity contribution >= 4 is 19.8 Å². The highest BCUT2D eigenvalue weighted by Gasteiger charge is 2.22. The molecule has 0 N–H and O–H groups in total. The monoisotopic (exact) mass is 1380 g/mol. The summed E-state index contributed by atoms with van der Waals surface area (Å²) in [6.45, 7) is 4.02. The van der Waals surface area contributed by atoms with Crippen molar-refractivity contribution < 1.29 is 42.1 Å². The number of nitrogens with zero attached hydrogens (tertiary/aromatic N) is 1. The fourth-order valence-electron chi connectivity index (χ4n) is 11.0. The van der Waals surface area contributed by atoms with Crippen molar-refractivity contribution in [1.29, 1.82) is 0 Å². The number of rotatable bonds is 73. The van der Waals surface area contributed by atoms with Crippen LogP contribution in [-0.2, 0) is 32.7 Å². The van der Waals surface area contributed by atoms with Gasteiger partial charge in [-0.3, -0.25) is 14.2 Å². The van der Waals surface area contributed by atoms with Gasteiger partial charge in [0.05, 0.1) is 27.7 Å². The van der Waals surface area contributed by atoms with Crippen LogP contribution in [0.1, 0.15) is 335 Å². The number of carbonyl (C=O) groups excluding carboxylic acids is 2. The van der Waals surface area contributed by atoms with Crippen LogP contribution in [0.3, 0.4) is 0 Å². The average molecular weight is 1380 g/mol. The molecule has 10 heteroatoms. The highest BCUT2D eigenvalue weighted by Crippen LogP contribution is 2.38. The van der Waals surface area contributed by atoms with Crippen LogP contribution in [0.15, 0.2) is 158 Å². The molecule has 0 spiro atoms. The van der Waals surface area contributed by atoms with E-state index in [1.165, 1.54) is 167 Å². The topological polar surface area (TPSA) is 111 Å². The standard InChI is InChI=1S/C88H150NO8P/c1-6-8-10-12-14-16-18-20-22-24-26-28-30-32-34-36-38-40-42-43-44-45-47-48-50-52-54-56-58-60-62-64-66-68-70-72-74-76-78-80-87(90)94-84-86(85-96-98(92,93)95-83-82-89(3,4)5)97-88(91)81-79-77-75-73-71-69-67-65-63-61-59-57-55-53-51-49-46-41-39-37-35-33-31-29-27-25-23-21-19-17-15-13-11-9-7-2/h8-11,14-17,20-23,26-29,33,35,39,41,49,51,55,57,61,63,86H,6-7,12-13,18-19,24-25,30-32,34,36-38,40,42-48,50,52-54,56,58-60,62,64-85H2,1-5H3/b10-8-,11-9-,16-14-,17-15-,22-20-,23-21-,28-26-,29-27-,35-33-,41-39-,51-49-,57-55-,63-61-. The Morgan fingerprint density at radius 2 is 0.551 bits per heavy atom. The van der Waals surface area contributed by atoms with Gasteiger partial charge in [0, 0.05) is 12.8 Å². The summed E-state index contributed by atoms with van der Waals surface area (Å²) in [5.41, 5.74) is 0. The number of unbranched alkanes of at least 4 members (excludes halogenated alkanes) is 33. The third-order valence-electron chi connectivity index (χ3n) is 17.0. The van der Waals surface area contributed by atoms with Crippen LogP contribution in [0.25, 0.3) is 0 Å². The van der Waals surface area contributed by atoms with Gasteiger partial charge in [0.2, 0.25) is 0 Å². The Morgan fingerprint density at radius 3 is 0.816 bits per heavy atom. The molecule has 0 bridgehead atoms. The van der Waals surface area contributed by atoms with Crippen molar-refractivity contribution in [2.45, 2.75) is 341 Å². The second-order valence-corrected chi connectivity index (χ2v) is 29.1. The SMILES string of the molecule is CC/C=C\C/C=C\C/C=C\C/C=C\C/C=C\C/C=C\C/C=C\C/C=C\C/C=C\CCCCCCCCCC(=O)OC(COC(=O)CCCCCCCCCCCCCCCCCCCCCCCCCCCC/C=C\C/C=C\C/C=C\C/C=C\CC)COP(=O)([O-])OCC[N+](C)(C)C. The molecule has 0 fully saturated rings. The summed E-state index contributed by atoms with van der Waals surface area (Å²) in [4.78, 5) is 38.2. The van der Waals surface area contributed by atoms with Gasteiger partial charge < -0.3 is 27.9 Å². The second kappa shape index (κ2) is 76.8. The smallest absolute Gasteiger partial charge is 0.306 e. The van der Waals surface area contributed by atoms with E-state index in [2.05, 4.69) is 172 Å². The summed E-state index contributed by atoms with van der Waals surface area (Å²) < 4.78 is 34.4. The van der Waals surface area contributed by atoms with Gasteiger partial charge in [-0.15, -0.1) is 0 Å². The summed E-state index contributed by atoms with van der Waals surface area (Å²) in [7, 11) is 1.15. The Hall–Kier alpha value is -4.37. The van der Waals surface area contributed by atoms with E-state index in [-0.39, 0.29) is 32.0 Å². The Labute approximate surface area is 605 Å². The highest BCUT2D eigenvalue weighted by atomic mass is 31.2. The molecule has 0 aromatic carbocycles. The molecule has 0 rings (SSSR count). The number of phosphoric acid groups is 1. The van der Waals surface area contributed by atoms with Gasteiger partial charge >= 0.3 is 11.9 Å². The Kier molecular flexibility index (Phi) is 73.4. The minimum Gasteiger partial charge on any atom is -0.756 e. The summed E-state index contributed by atoms with van der Waals surface area (Å²) in [6, 6.07) is 0. The Balaban J connectivity index is 4.00. The van der Waals surface area contributed by atoms with Crippen LogP contribution in [0.2, 0.25) is 0 Å². The third kappa shape index (κ3) is 80.6. The van der Waals surface area contributed by atoms with Crippen LogP contribution in [0.5, 0.6) is 0 Å². The molecular formula is C88H150NO8P. The minimum absolute atomic E-state index is 0.0387. The molecular weight excluding hydrogens is 1230 g/mol. The van der Waals surface area contributed by atoms with E-state index < -0.39 is 26.5 Å².